The fraction of sp³-hybridized carbons (Fsp3) is 0.182. The van der Waals surface area contributed by atoms with E-state index in [1.807, 2.05) is 0 Å². The van der Waals surface area contributed by atoms with E-state index in [1.54, 1.807) is 31.3 Å². The number of carboxylic acid groups (broad SMARTS) is 1. The molecule has 0 aliphatic carbocycles. The highest BCUT2D eigenvalue weighted by molar-refractivity contribution is 8.01. The molecule has 2 N–H and O–H groups in total. The van der Waals surface area contributed by atoms with Crippen LogP contribution in [0.4, 0.5) is 21.6 Å². The number of aromatic nitrogens is 4. The summed E-state index contributed by atoms with van der Waals surface area (Å²) in [6, 6.07) is 9.56. The Bertz CT molecular complexity index is 1510. The van der Waals surface area contributed by atoms with Gasteiger partial charge < -0.3 is 15.3 Å². The summed E-state index contributed by atoms with van der Waals surface area (Å²) in [6.45, 7) is -0.0756. The second-order valence-electron chi connectivity index (χ2n) is 7.41. The average Bonchev–Trinajstić information content (AvgIpc) is 3.19. The van der Waals surface area contributed by atoms with Gasteiger partial charge >= 0.3 is 5.97 Å². The van der Waals surface area contributed by atoms with Crippen LogP contribution >= 0.6 is 46.9 Å². The molecule has 2 aromatic carbocycles. The van der Waals surface area contributed by atoms with Crippen LogP contribution in [0.3, 0.4) is 0 Å². The van der Waals surface area contributed by atoms with Gasteiger partial charge in [0.15, 0.2) is 8.29 Å². The minimum atomic E-state index is -0.886. The zero-order valence-electron chi connectivity index (χ0n) is 18.6. The van der Waals surface area contributed by atoms with Gasteiger partial charge in [0.2, 0.25) is 5.91 Å². The van der Waals surface area contributed by atoms with E-state index in [1.165, 1.54) is 51.1 Å². The predicted octanol–water partition coefficient (Wildman–Crippen LogP) is 5.38. The van der Waals surface area contributed by atoms with Gasteiger partial charge in [-0.3, -0.25) is 9.59 Å². The van der Waals surface area contributed by atoms with Crippen LogP contribution in [0.25, 0.3) is 10.9 Å². The van der Waals surface area contributed by atoms with E-state index in [2.05, 4.69) is 20.4 Å². The first-order valence-electron chi connectivity index (χ1n) is 10.4. The van der Waals surface area contributed by atoms with Crippen LogP contribution in [0.15, 0.2) is 47.1 Å². The van der Waals surface area contributed by atoms with Crippen molar-refractivity contribution < 1.29 is 19.1 Å². The number of hydrogen-bond acceptors (Lipinski definition) is 9. The summed E-state index contributed by atoms with van der Waals surface area (Å²) in [5.41, 5.74) is 1.79. The number of fused-ring (bicyclic) bond motifs is 1. The highest BCUT2D eigenvalue weighted by Gasteiger charge is 2.16. The Labute approximate surface area is 222 Å². The van der Waals surface area contributed by atoms with Gasteiger partial charge in [-0.25, -0.2) is 19.0 Å². The molecule has 0 aliphatic heterocycles. The Kier molecular flexibility index (Phi) is 8.14. The van der Waals surface area contributed by atoms with E-state index in [-0.39, 0.29) is 23.9 Å². The first-order valence-corrected chi connectivity index (χ1v) is 13.0. The van der Waals surface area contributed by atoms with E-state index >= 15 is 0 Å². The van der Waals surface area contributed by atoms with E-state index in [0.717, 1.165) is 0 Å². The van der Waals surface area contributed by atoms with Crippen LogP contribution in [-0.2, 0) is 16.1 Å². The van der Waals surface area contributed by atoms with Gasteiger partial charge in [0.1, 0.15) is 24.5 Å². The Morgan fingerprint density at radius 3 is 2.83 bits per heavy atom. The number of carboxylic acids is 1. The second-order valence-corrected chi connectivity index (χ2v) is 10.8. The number of likely N-dealkylation sites (N-methyl/N-ethyl adjacent to an activating group) is 1. The summed E-state index contributed by atoms with van der Waals surface area (Å²) in [5.74, 6) is -0.832. The summed E-state index contributed by atoms with van der Waals surface area (Å²) in [6.07, 6.45) is 1.41. The standard InChI is InChI=1S/C22H18ClFN6O3S3/c1-29(18(31)10-30-22(34)36-21(28-30)35-7-6-19(32)33)13-3-5-17-14(9-13)20(26-11-25-17)27-12-2-4-16(24)15(23)8-12/h2-5,8-9,11H,6-7,10H2,1H3,(H,32,33)(H,25,26,27). The summed E-state index contributed by atoms with van der Waals surface area (Å²) in [4.78, 5) is 33.7. The Morgan fingerprint density at radius 1 is 1.28 bits per heavy atom. The first-order chi connectivity index (χ1) is 17.2. The monoisotopic (exact) mass is 564 g/mol. The lowest BCUT2D eigenvalue weighted by atomic mass is 10.2. The predicted molar refractivity (Wildman–Crippen MR) is 142 cm³/mol. The number of amides is 1. The van der Waals surface area contributed by atoms with Crippen LogP contribution in [0, 0.1) is 9.77 Å². The maximum Gasteiger partial charge on any atom is 0.304 e. The number of hydrogen-bond donors (Lipinski definition) is 2. The molecule has 186 valence electrons. The summed E-state index contributed by atoms with van der Waals surface area (Å²) in [5, 5.41) is 16.9. The third-order valence-electron chi connectivity index (χ3n) is 4.98. The number of halogens is 2. The fourth-order valence-electron chi connectivity index (χ4n) is 3.11. The van der Waals surface area contributed by atoms with Crippen molar-refractivity contribution in [1.29, 1.82) is 0 Å². The van der Waals surface area contributed by atoms with Crippen molar-refractivity contribution in [3.05, 3.63) is 57.5 Å². The minimum absolute atomic E-state index is 0.00932. The number of thioether (sulfide) groups is 1. The van der Waals surface area contributed by atoms with Gasteiger partial charge in [-0.1, -0.05) is 34.7 Å². The van der Waals surface area contributed by atoms with Crippen LogP contribution in [-0.4, -0.2) is 49.5 Å². The highest BCUT2D eigenvalue weighted by Crippen LogP contribution is 2.29. The molecule has 2 aromatic heterocycles. The molecule has 0 bridgehead atoms. The lowest BCUT2D eigenvalue weighted by Crippen LogP contribution is -2.30. The van der Waals surface area contributed by atoms with Crippen molar-refractivity contribution in [1.82, 2.24) is 19.7 Å². The van der Waals surface area contributed by atoms with Crippen LogP contribution in [0.5, 0.6) is 0 Å². The molecule has 0 aliphatic rings. The van der Waals surface area contributed by atoms with Gasteiger partial charge in [-0.05, 0) is 48.6 Å². The zero-order valence-corrected chi connectivity index (χ0v) is 21.8. The van der Waals surface area contributed by atoms with Crippen molar-refractivity contribution in [3.63, 3.8) is 0 Å². The number of nitrogens with one attached hydrogen (secondary N) is 1. The smallest absolute Gasteiger partial charge is 0.304 e. The molecule has 36 heavy (non-hydrogen) atoms. The molecule has 2 heterocycles. The number of rotatable bonds is 9. The minimum Gasteiger partial charge on any atom is -0.481 e. The molecular weight excluding hydrogens is 547 g/mol. The van der Waals surface area contributed by atoms with E-state index in [0.29, 0.717) is 42.1 Å². The van der Waals surface area contributed by atoms with Crippen molar-refractivity contribution >= 4 is 86.9 Å². The van der Waals surface area contributed by atoms with Crippen LogP contribution in [0.2, 0.25) is 5.02 Å². The number of benzene rings is 2. The number of carbonyl (C=O) groups excluding carboxylic acids is 1. The van der Waals surface area contributed by atoms with Crippen LogP contribution < -0.4 is 10.2 Å². The largest absolute Gasteiger partial charge is 0.481 e. The average molecular weight is 565 g/mol. The molecule has 1 amide bonds. The summed E-state index contributed by atoms with van der Waals surface area (Å²) >= 11 is 13.7. The zero-order chi connectivity index (χ0) is 25.8. The Hall–Kier alpha value is -3.13. The van der Waals surface area contributed by atoms with Crippen molar-refractivity contribution in [2.45, 2.75) is 17.3 Å². The molecule has 0 unspecified atom stereocenters. The SMILES string of the molecule is CN(C(=O)Cn1nc(SCCC(=O)O)sc1=S)c1ccc2ncnc(Nc3ccc(F)c(Cl)c3)c2c1. The van der Waals surface area contributed by atoms with E-state index in [4.69, 9.17) is 28.9 Å². The quantitative estimate of drug-likeness (QED) is 0.204. The maximum atomic E-state index is 13.5. The molecule has 0 radical (unpaired) electrons. The van der Waals surface area contributed by atoms with Gasteiger partial charge in [0, 0.05) is 29.6 Å². The Balaban J connectivity index is 1.52. The third-order valence-corrected chi connectivity index (χ3v) is 7.71. The molecule has 4 rings (SSSR count). The number of nitrogens with zero attached hydrogens (tertiary/aromatic N) is 5. The second kappa shape index (κ2) is 11.3. The lowest BCUT2D eigenvalue weighted by molar-refractivity contribution is -0.136. The van der Waals surface area contributed by atoms with Crippen molar-refractivity contribution in [2.24, 2.45) is 0 Å². The van der Waals surface area contributed by atoms with Crippen molar-refractivity contribution in [2.75, 3.05) is 23.0 Å². The first kappa shape index (κ1) is 25.9. The van der Waals surface area contributed by atoms with Crippen molar-refractivity contribution in [3.8, 4) is 0 Å². The molecule has 9 nitrogen and oxygen atoms in total. The number of aliphatic carboxylic acids is 1. The fourth-order valence-corrected chi connectivity index (χ4v) is 5.62. The van der Waals surface area contributed by atoms with Gasteiger partial charge in [-0.2, -0.15) is 5.10 Å². The summed E-state index contributed by atoms with van der Waals surface area (Å²) < 4.78 is 16.0. The van der Waals surface area contributed by atoms with Crippen LogP contribution in [0.1, 0.15) is 6.42 Å². The summed E-state index contributed by atoms with van der Waals surface area (Å²) in [7, 11) is 1.64. The molecule has 0 fully saturated rings. The topological polar surface area (TPSA) is 113 Å². The van der Waals surface area contributed by atoms with E-state index < -0.39 is 11.8 Å². The normalized spacial score (nSPS) is 11.0. The number of carbonyl (C=O) groups is 2. The molecule has 0 atom stereocenters. The van der Waals surface area contributed by atoms with E-state index in [9.17, 15) is 14.0 Å². The van der Waals surface area contributed by atoms with Gasteiger partial charge in [0.05, 0.1) is 17.0 Å². The lowest BCUT2D eigenvalue weighted by Gasteiger charge is -2.18. The Morgan fingerprint density at radius 2 is 2.08 bits per heavy atom. The molecule has 0 spiro atoms. The molecule has 0 saturated carbocycles. The third kappa shape index (κ3) is 6.16. The van der Waals surface area contributed by atoms with Gasteiger partial charge in [-0.15, -0.1) is 0 Å². The molecule has 14 heteroatoms. The molecule has 0 saturated heterocycles. The molecular formula is C22H18ClFN6O3S3. The molecule has 4 aromatic rings. The maximum absolute atomic E-state index is 13.5. The number of anilines is 3. The van der Waals surface area contributed by atoms with Gasteiger partial charge in [0.25, 0.3) is 0 Å². The highest BCUT2D eigenvalue weighted by atomic mass is 35.5.